The van der Waals surface area contributed by atoms with Gasteiger partial charge in [-0.2, -0.15) is 4.98 Å². The molecule has 2 fully saturated rings. The number of ether oxygens (including phenoxy) is 2. The maximum absolute atomic E-state index is 5.98. The van der Waals surface area contributed by atoms with Crippen LogP contribution in [-0.2, 0) is 4.74 Å². The Morgan fingerprint density at radius 3 is 3.12 bits per heavy atom. The number of nitrogens with one attached hydrogen (secondary N) is 1. The van der Waals surface area contributed by atoms with Crippen molar-refractivity contribution in [3.8, 4) is 17.2 Å². The summed E-state index contributed by atoms with van der Waals surface area (Å²) in [5.41, 5.74) is 0.825. The molecule has 1 aromatic carbocycles. The van der Waals surface area contributed by atoms with Crippen molar-refractivity contribution in [2.75, 3.05) is 39.9 Å². The topological polar surface area (TPSA) is 72.7 Å². The Hall–Kier alpha value is -1.96. The van der Waals surface area contributed by atoms with Crippen LogP contribution in [0.1, 0.15) is 24.7 Å². The van der Waals surface area contributed by atoms with E-state index >= 15 is 0 Å². The van der Waals surface area contributed by atoms with Crippen LogP contribution in [0, 0.1) is 0 Å². The van der Waals surface area contributed by atoms with Gasteiger partial charge in [0.05, 0.1) is 17.7 Å². The summed E-state index contributed by atoms with van der Waals surface area (Å²) in [6.45, 7) is 4.15. The average molecular weight is 344 g/mol. The molecule has 1 aromatic heterocycles. The predicted octanol–water partition coefficient (Wildman–Crippen LogP) is 1.87. The van der Waals surface area contributed by atoms with Gasteiger partial charge in [-0.3, -0.25) is 4.90 Å². The van der Waals surface area contributed by atoms with E-state index < -0.39 is 0 Å². The van der Waals surface area contributed by atoms with E-state index in [4.69, 9.17) is 14.0 Å². The summed E-state index contributed by atoms with van der Waals surface area (Å²) in [5.74, 6) is 1.96. The predicted molar refractivity (Wildman–Crippen MR) is 92.4 cm³/mol. The first-order valence-electron chi connectivity index (χ1n) is 8.89. The van der Waals surface area contributed by atoms with Crippen molar-refractivity contribution in [3.05, 3.63) is 30.1 Å². The van der Waals surface area contributed by atoms with Gasteiger partial charge in [-0.25, -0.2) is 0 Å². The Morgan fingerprint density at radius 1 is 1.36 bits per heavy atom. The highest BCUT2D eigenvalue weighted by atomic mass is 16.5. The summed E-state index contributed by atoms with van der Waals surface area (Å²) in [6, 6.07) is 7.91. The minimum atomic E-state index is 0.131. The van der Waals surface area contributed by atoms with E-state index in [0.717, 1.165) is 50.4 Å². The molecule has 2 unspecified atom stereocenters. The third-order valence-electron chi connectivity index (χ3n) is 4.82. The lowest BCUT2D eigenvalue weighted by atomic mass is 10.2. The Bertz CT molecular complexity index is 699. The Kier molecular flexibility index (Phi) is 4.96. The summed E-state index contributed by atoms with van der Waals surface area (Å²) >= 11 is 0. The maximum Gasteiger partial charge on any atom is 0.261 e. The number of piperazine rings is 1. The molecule has 2 aromatic rings. The van der Waals surface area contributed by atoms with E-state index in [1.54, 1.807) is 0 Å². The van der Waals surface area contributed by atoms with E-state index in [1.807, 2.05) is 24.3 Å². The van der Waals surface area contributed by atoms with Crippen LogP contribution >= 0.6 is 0 Å². The molecule has 7 heteroatoms. The molecule has 0 radical (unpaired) electrons. The first kappa shape index (κ1) is 16.5. The third-order valence-corrected chi connectivity index (χ3v) is 4.82. The number of hydrogen-bond donors (Lipinski definition) is 1. The molecule has 4 rings (SSSR count). The van der Waals surface area contributed by atoms with Gasteiger partial charge in [-0.1, -0.05) is 17.3 Å². The normalized spacial score (nSPS) is 24.5. The number of likely N-dealkylation sites (N-methyl/N-ethyl adjacent to an activating group) is 1. The lowest BCUT2D eigenvalue weighted by Crippen LogP contribution is -2.44. The first-order valence-corrected chi connectivity index (χ1v) is 8.89. The summed E-state index contributed by atoms with van der Waals surface area (Å²) in [5, 5.41) is 7.57. The van der Waals surface area contributed by atoms with Crippen LogP contribution in [-0.4, -0.2) is 61.0 Å². The zero-order valence-corrected chi connectivity index (χ0v) is 14.5. The zero-order valence-electron chi connectivity index (χ0n) is 14.5. The van der Waals surface area contributed by atoms with Gasteiger partial charge in [0, 0.05) is 26.2 Å². The molecule has 2 saturated heterocycles. The number of nitrogens with zero attached hydrogens (tertiary/aromatic N) is 3. The van der Waals surface area contributed by atoms with Crippen molar-refractivity contribution in [2.45, 2.75) is 25.0 Å². The second-order valence-electron chi connectivity index (χ2n) is 6.60. The van der Waals surface area contributed by atoms with Gasteiger partial charge in [-0.05, 0) is 32.0 Å². The Labute approximate surface area is 147 Å². The van der Waals surface area contributed by atoms with E-state index in [9.17, 15) is 0 Å². The molecule has 1 N–H and O–H groups in total. The molecule has 7 nitrogen and oxygen atoms in total. The van der Waals surface area contributed by atoms with Gasteiger partial charge < -0.3 is 19.3 Å². The molecule has 25 heavy (non-hydrogen) atoms. The molecule has 0 spiro atoms. The molecule has 0 amide bonds. The van der Waals surface area contributed by atoms with Crippen molar-refractivity contribution in [1.82, 2.24) is 20.4 Å². The number of rotatable bonds is 5. The van der Waals surface area contributed by atoms with Crippen LogP contribution in [0.15, 0.2) is 28.8 Å². The number of hydrogen-bond acceptors (Lipinski definition) is 7. The van der Waals surface area contributed by atoms with Gasteiger partial charge in [-0.15, -0.1) is 0 Å². The lowest BCUT2D eigenvalue weighted by Gasteiger charge is -2.30. The number of para-hydroxylation sites is 1. The van der Waals surface area contributed by atoms with Crippen molar-refractivity contribution in [1.29, 1.82) is 0 Å². The zero-order chi connectivity index (χ0) is 17.1. The highest BCUT2D eigenvalue weighted by molar-refractivity contribution is 5.62. The molecule has 134 valence electrons. The molecule has 2 aliphatic heterocycles. The standard InChI is InChI=1S/C18H24N4O3/c1-22-9-8-19-11-15(22)17-20-18(25-21-17)14-6-2-3-7-16(14)24-12-13-5-4-10-23-13/h2-3,6-7,13,15,19H,4-5,8-12H2,1H3. The highest BCUT2D eigenvalue weighted by Crippen LogP contribution is 2.30. The third kappa shape index (κ3) is 3.68. The van der Waals surface area contributed by atoms with E-state index in [0.29, 0.717) is 18.3 Å². The van der Waals surface area contributed by atoms with Crippen molar-refractivity contribution < 1.29 is 14.0 Å². The minimum Gasteiger partial charge on any atom is -0.490 e. The Balaban J connectivity index is 1.51. The van der Waals surface area contributed by atoms with Crippen LogP contribution in [0.25, 0.3) is 11.5 Å². The van der Waals surface area contributed by atoms with E-state index in [-0.39, 0.29) is 12.1 Å². The van der Waals surface area contributed by atoms with Crippen molar-refractivity contribution in [3.63, 3.8) is 0 Å². The maximum atomic E-state index is 5.98. The summed E-state index contributed by atoms with van der Waals surface area (Å²) in [4.78, 5) is 6.87. The number of benzene rings is 1. The molecule has 0 saturated carbocycles. The monoisotopic (exact) mass is 344 g/mol. The molecular formula is C18H24N4O3. The largest absolute Gasteiger partial charge is 0.490 e. The quantitative estimate of drug-likeness (QED) is 0.888. The van der Waals surface area contributed by atoms with Gasteiger partial charge in [0.25, 0.3) is 5.89 Å². The first-order chi connectivity index (χ1) is 12.3. The molecule has 0 bridgehead atoms. The van der Waals surface area contributed by atoms with E-state index in [2.05, 4.69) is 27.4 Å². The van der Waals surface area contributed by atoms with Crippen LogP contribution in [0.3, 0.4) is 0 Å². The minimum absolute atomic E-state index is 0.131. The second kappa shape index (κ2) is 7.51. The van der Waals surface area contributed by atoms with Crippen LogP contribution < -0.4 is 10.1 Å². The van der Waals surface area contributed by atoms with Gasteiger partial charge >= 0.3 is 0 Å². The highest BCUT2D eigenvalue weighted by Gasteiger charge is 2.26. The molecule has 3 heterocycles. The summed E-state index contributed by atoms with van der Waals surface area (Å²) in [6.07, 6.45) is 2.33. The van der Waals surface area contributed by atoms with Gasteiger partial charge in [0.1, 0.15) is 12.4 Å². The van der Waals surface area contributed by atoms with Crippen molar-refractivity contribution in [2.24, 2.45) is 0 Å². The van der Waals surface area contributed by atoms with Crippen LogP contribution in [0.4, 0.5) is 0 Å². The number of aromatic nitrogens is 2. The van der Waals surface area contributed by atoms with Crippen LogP contribution in [0.5, 0.6) is 5.75 Å². The molecule has 2 aliphatic rings. The fourth-order valence-electron chi connectivity index (χ4n) is 3.30. The van der Waals surface area contributed by atoms with Gasteiger partial charge in [0.2, 0.25) is 0 Å². The van der Waals surface area contributed by atoms with Crippen molar-refractivity contribution >= 4 is 0 Å². The Morgan fingerprint density at radius 2 is 2.28 bits per heavy atom. The fourth-order valence-corrected chi connectivity index (χ4v) is 3.30. The smallest absolute Gasteiger partial charge is 0.261 e. The van der Waals surface area contributed by atoms with Gasteiger partial charge in [0.15, 0.2) is 5.82 Å². The van der Waals surface area contributed by atoms with E-state index in [1.165, 1.54) is 0 Å². The average Bonchev–Trinajstić information content (AvgIpc) is 3.33. The molecular weight excluding hydrogens is 320 g/mol. The molecule has 2 atom stereocenters. The summed E-state index contributed by atoms with van der Waals surface area (Å²) in [7, 11) is 2.08. The SMILES string of the molecule is CN1CCNCC1c1noc(-c2ccccc2OCC2CCCO2)n1. The summed E-state index contributed by atoms with van der Waals surface area (Å²) < 4.78 is 17.1. The molecule has 0 aliphatic carbocycles. The second-order valence-corrected chi connectivity index (χ2v) is 6.60. The lowest BCUT2D eigenvalue weighted by molar-refractivity contribution is 0.0681. The fraction of sp³-hybridized carbons (Fsp3) is 0.556. The van der Waals surface area contributed by atoms with Crippen LogP contribution in [0.2, 0.25) is 0 Å².